The van der Waals surface area contributed by atoms with E-state index in [1.807, 2.05) is 86.7 Å². The first-order chi connectivity index (χ1) is 14.6. The molecular formula is C22H26N8. The molecule has 1 aromatic carbocycles. The van der Waals surface area contributed by atoms with Gasteiger partial charge >= 0.3 is 0 Å². The van der Waals surface area contributed by atoms with Gasteiger partial charge in [-0.15, -0.1) is 0 Å². The highest BCUT2D eigenvalue weighted by atomic mass is 15.5. The topological polar surface area (TPSA) is 75.3 Å². The van der Waals surface area contributed by atoms with E-state index in [4.69, 9.17) is 0 Å². The molecule has 154 valence electrons. The molecule has 0 amide bonds. The van der Waals surface area contributed by atoms with E-state index < -0.39 is 0 Å². The average Bonchev–Trinajstić information content (AvgIpc) is 3.40. The quantitative estimate of drug-likeness (QED) is 0.409. The summed E-state index contributed by atoms with van der Waals surface area (Å²) in [6.07, 6.45) is 13.2. The van der Waals surface area contributed by atoms with Crippen molar-refractivity contribution in [3.8, 4) is 11.3 Å². The van der Waals surface area contributed by atoms with Gasteiger partial charge in [-0.2, -0.15) is 15.0 Å². The maximum Gasteiger partial charge on any atom is 0.160 e. The van der Waals surface area contributed by atoms with Crippen molar-refractivity contribution in [3.63, 3.8) is 0 Å². The molecule has 0 aliphatic carbocycles. The van der Waals surface area contributed by atoms with E-state index in [0.717, 1.165) is 22.6 Å². The second-order valence-electron chi connectivity index (χ2n) is 6.34. The number of hydrogen-bond donors (Lipinski definition) is 2. The summed E-state index contributed by atoms with van der Waals surface area (Å²) in [6.45, 7) is 11.7. The number of nitrogens with one attached hydrogen (secondary N) is 2. The molecule has 3 aromatic rings. The number of anilines is 2. The van der Waals surface area contributed by atoms with Gasteiger partial charge in [0.2, 0.25) is 0 Å². The summed E-state index contributed by atoms with van der Waals surface area (Å²) in [5, 5.41) is 13.3. The summed E-state index contributed by atoms with van der Waals surface area (Å²) in [6, 6.07) is 7.84. The monoisotopic (exact) mass is 402 g/mol. The molecule has 0 bridgehead atoms. The van der Waals surface area contributed by atoms with Crippen LogP contribution in [0.5, 0.6) is 0 Å². The lowest BCUT2D eigenvalue weighted by Gasteiger charge is -2.15. The lowest BCUT2D eigenvalue weighted by atomic mass is 10.2. The summed E-state index contributed by atoms with van der Waals surface area (Å²) in [5.41, 5.74) is 7.32. The number of imidazole rings is 1. The largest absolute Gasteiger partial charge is 0.353 e. The van der Waals surface area contributed by atoms with Gasteiger partial charge in [0.15, 0.2) is 5.82 Å². The van der Waals surface area contributed by atoms with Crippen LogP contribution in [0.4, 0.5) is 11.4 Å². The molecule has 2 heterocycles. The highest BCUT2D eigenvalue weighted by Crippen LogP contribution is 2.26. The first kappa shape index (κ1) is 20.7. The number of allylic oxidation sites excluding steroid dienone is 2. The van der Waals surface area contributed by atoms with Crippen LogP contribution < -0.4 is 15.8 Å². The normalized spacial score (nSPS) is 11.2. The minimum absolute atomic E-state index is 0.681. The number of hydrogen-bond acceptors (Lipinski definition) is 6. The van der Waals surface area contributed by atoms with E-state index in [2.05, 4.69) is 39.2 Å². The predicted molar refractivity (Wildman–Crippen MR) is 126 cm³/mol. The Hall–Kier alpha value is -4.07. The van der Waals surface area contributed by atoms with Crippen molar-refractivity contribution in [2.45, 2.75) is 13.8 Å². The molecule has 0 radical (unpaired) electrons. The molecule has 0 spiro atoms. The minimum Gasteiger partial charge on any atom is -0.353 e. The van der Waals surface area contributed by atoms with E-state index in [-0.39, 0.29) is 0 Å². The lowest BCUT2D eigenvalue weighted by Crippen LogP contribution is -2.08. The molecule has 2 aromatic heterocycles. The third kappa shape index (κ3) is 4.33. The first-order valence-corrected chi connectivity index (χ1v) is 9.49. The van der Waals surface area contributed by atoms with Crippen molar-refractivity contribution in [2.75, 3.05) is 22.8 Å². The summed E-state index contributed by atoms with van der Waals surface area (Å²) >= 11 is 0. The second kappa shape index (κ2) is 9.42. The Kier molecular flexibility index (Phi) is 6.49. The van der Waals surface area contributed by atoms with Crippen LogP contribution in [0.3, 0.4) is 0 Å². The molecule has 0 atom stereocenters. The van der Waals surface area contributed by atoms with Crippen molar-refractivity contribution in [2.24, 2.45) is 5.10 Å². The summed E-state index contributed by atoms with van der Waals surface area (Å²) in [5.74, 6) is 0.715. The van der Waals surface area contributed by atoms with Crippen molar-refractivity contribution in [1.29, 1.82) is 0 Å². The predicted octanol–water partition coefficient (Wildman–Crippen LogP) is 4.45. The van der Waals surface area contributed by atoms with Gasteiger partial charge in [-0.05, 0) is 38.1 Å². The number of hydrazone groups is 1. The third-order valence-electron chi connectivity index (χ3n) is 4.34. The molecule has 8 nitrogen and oxygen atoms in total. The maximum atomic E-state index is 4.58. The van der Waals surface area contributed by atoms with Gasteiger partial charge in [0.1, 0.15) is 0 Å². The van der Waals surface area contributed by atoms with Crippen LogP contribution in [0.1, 0.15) is 19.7 Å². The first-order valence-electron chi connectivity index (χ1n) is 9.49. The zero-order chi connectivity index (χ0) is 21.5. The smallest absolute Gasteiger partial charge is 0.160 e. The Morgan fingerprint density at radius 1 is 1.17 bits per heavy atom. The van der Waals surface area contributed by atoms with Crippen molar-refractivity contribution < 1.29 is 0 Å². The lowest BCUT2D eigenvalue weighted by molar-refractivity contribution is 0.782. The van der Waals surface area contributed by atoms with Crippen molar-refractivity contribution >= 4 is 30.0 Å². The van der Waals surface area contributed by atoms with E-state index in [9.17, 15) is 0 Å². The minimum atomic E-state index is 0.681. The van der Waals surface area contributed by atoms with Crippen LogP contribution in [-0.2, 0) is 0 Å². The number of aromatic nitrogens is 4. The summed E-state index contributed by atoms with van der Waals surface area (Å²) in [4.78, 5) is 6.22. The van der Waals surface area contributed by atoms with E-state index >= 15 is 0 Å². The second-order valence-corrected chi connectivity index (χ2v) is 6.34. The van der Waals surface area contributed by atoms with Gasteiger partial charge < -0.3 is 10.7 Å². The molecule has 3 rings (SSSR count). The van der Waals surface area contributed by atoms with E-state index in [1.165, 1.54) is 0 Å². The molecule has 0 saturated heterocycles. The molecule has 0 unspecified atom stereocenters. The Balaban J connectivity index is 1.84. The number of rotatable bonds is 9. The number of benzene rings is 1. The van der Waals surface area contributed by atoms with Crippen LogP contribution in [0.25, 0.3) is 23.2 Å². The molecule has 30 heavy (non-hydrogen) atoms. The fraction of sp³-hybridized carbons (Fsp3) is 0.136. The van der Waals surface area contributed by atoms with E-state index in [1.54, 1.807) is 16.0 Å². The van der Waals surface area contributed by atoms with Crippen molar-refractivity contribution in [1.82, 2.24) is 19.4 Å². The number of nitrogens with zero attached hydrogens (tertiary/aromatic N) is 6. The molecule has 2 N–H and O–H groups in total. The fourth-order valence-corrected chi connectivity index (χ4v) is 2.96. The van der Waals surface area contributed by atoms with Gasteiger partial charge in [-0.1, -0.05) is 18.7 Å². The zero-order valence-electron chi connectivity index (χ0n) is 17.4. The highest BCUT2D eigenvalue weighted by Gasteiger charge is 2.14. The zero-order valence-corrected chi connectivity index (χ0v) is 17.4. The summed E-state index contributed by atoms with van der Waals surface area (Å²) < 4.78 is 1.98. The van der Waals surface area contributed by atoms with Gasteiger partial charge in [-0.25, -0.2) is 9.99 Å². The van der Waals surface area contributed by atoms with Gasteiger partial charge in [0.05, 0.1) is 35.7 Å². The molecule has 0 fully saturated rings. The van der Waals surface area contributed by atoms with Gasteiger partial charge in [0, 0.05) is 37.4 Å². The van der Waals surface area contributed by atoms with E-state index in [0.29, 0.717) is 11.5 Å². The average molecular weight is 403 g/mol. The van der Waals surface area contributed by atoms with Gasteiger partial charge in [-0.3, -0.25) is 4.57 Å². The fourth-order valence-electron chi connectivity index (χ4n) is 2.96. The standard InChI is InChI=1S/C22H26N8/c1-6-12-28-21(18-14-26-30(16-18)24-5)15-25-22(28)17(3)27-19-8-10-20(11-9-19)29(23-4)13-7-2/h6-16,24,27H,3-4H2,1-2,5H3/b12-6-,13-7-. The molecule has 0 aliphatic rings. The Morgan fingerprint density at radius 2 is 1.93 bits per heavy atom. The molecule has 0 saturated carbocycles. The Bertz CT molecular complexity index is 1070. The highest BCUT2D eigenvalue weighted by molar-refractivity contribution is 5.76. The molecule has 8 heteroatoms. The van der Waals surface area contributed by atoms with Crippen LogP contribution in [0.15, 0.2) is 72.9 Å². The Labute approximate surface area is 176 Å². The van der Waals surface area contributed by atoms with Crippen LogP contribution in [0, 0.1) is 0 Å². The van der Waals surface area contributed by atoms with Gasteiger partial charge in [0.25, 0.3) is 0 Å². The molecular weight excluding hydrogens is 376 g/mol. The molecule has 0 aliphatic heterocycles. The maximum absolute atomic E-state index is 4.58. The van der Waals surface area contributed by atoms with Crippen LogP contribution in [0.2, 0.25) is 0 Å². The van der Waals surface area contributed by atoms with Crippen LogP contribution in [-0.4, -0.2) is 33.2 Å². The third-order valence-corrected chi connectivity index (χ3v) is 4.34. The van der Waals surface area contributed by atoms with Crippen LogP contribution >= 0.6 is 0 Å². The van der Waals surface area contributed by atoms with Crippen molar-refractivity contribution in [3.05, 3.63) is 73.6 Å². The SMILES string of the molecule is C=NN(/C=C\C)c1ccc(NC(=C)c2ncc(-c3cnn(NC)c3)n2/C=C\C)cc1. The Morgan fingerprint density at radius 3 is 2.53 bits per heavy atom. The summed E-state index contributed by atoms with van der Waals surface area (Å²) in [7, 11) is 1.81.